The van der Waals surface area contributed by atoms with Crippen molar-refractivity contribution in [3.63, 3.8) is 0 Å². The summed E-state index contributed by atoms with van der Waals surface area (Å²) in [6.07, 6.45) is 0. The summed E-state index contributed by atoms with van der Waals surface area (Å²) in [6.45, 7) is 4.24. The van der Waals surface area contributed by atoms with Crippen molar-refractivity contribution in [3.05, 3.63) is 71.5 Å². The number of esters is 1. The monoisotopic (exact) mass is 407 g/mol. The number of rotatable bonds is 4. The Morgan fingerprint density at radius 3 is 2.59 bits per heavy atom. The third kappa shape index (κ3) is 4.05. The van der Waals surface area contributed by atoms with E-state index in [1.165, 1.54) is 0 Å². The maximum absolute atomic E-state index is 12.6. The molecule has 0 aliphatic carbocycles. The Hall–Kier alpha value is -3.06. The van der Waals surface area contributed by atoms with E-state index >= 15 is 0 Å². The lowest BCUT2D eigenvalue weighted by molar-refractivity contribution is -0.121. The van der Waals surface area contributed by atoms with E-state index in [1.54, 1.807) is 28.8 Å². The van der Waals surface area contributed by atoms with Crippen LogP contribution in [-0.2, 0) is 9.53 Å². The van der Waals surface area contributed by atoms with Crippen LogP contribution < -0.4 is 4.90 Å². The first-order chi connectivity index (χ1) is 14.0. The Balaban J connectivity index is 1.40. The number of benzene rings is 2. The summed E-state index contributed by atoms with van der Waals surface area (Å²) in [6, 6.07) is 16.8. The highest BCUT2D eigenvalue weighted by Gasteiger charge is 2.23. The summed E-state index contributed by atoms with van der Waals surface area (Å²) in [5.74, 6) is 0.0908. The fourth-order valence-electron chi connectivity index (χ4n) is 3.35. The summed E-state index contributed by atoms with van der Waals surface area (Å²) < 4.78 is 7.09. The summed E-state index contributed by atoms with van der Waals surface area (Å²) in [5, 5.41) is 4.43. The Bertz CT molecular complexity index is 1060. The van der Waals surface area contributed by atoms with Crippen LogP contribution in [-0.4, -0.2) is 40.6 Å². The molecule has 0 N–H and O–H groups in total. The highest BCUT2D eigenvalue weighted by atomic mass is 32.2. The molecule has 0 radical (unpaired) electrons. The maximum atomic E-state index is 12.6. The number of nitrogens with zero attached hydrogens (tertiary/aromatic N) is 3. The number of anilines is 1. The molecule has 1 aromatic heterocycles. The number of aryl methyl sites for hydroxylation is 2. The average Bonchev–Trinajstić information content (AvgIpc) is 3.09. The lowest BCUT2D eigenvalue weighted by atomic mass is 10.2. The molecule has 6 nitrogen and oxygen atoms in total. The van der Waals surface area contributed by atoms with Gasteiger partial charge in [0.1, 0.15) is 0 Å². The number of carbonyl (C=O) groups is 2. The maximum Gasteiger partial charge on any atom is 0.338 e. The lowest BCUT2D eigenvalue weighted by Crippen LogP contribution is -2.38. The Kier molecular flexibility index (Phi) is 5.40. The number of ether oxygens (including phenoxy) is 1. The van der Waals surface area contributed by atoms with Gasteiger partial charge in [0.2, 0.25) is 0 Å². The number of hydrogen-bond acceptors (Lipinski definition) is 5. The molecule has 148 valence electrons. The molecule has 0 saturated heterocycles. The topological polar surface area (TPSA) is 64.4 Å². The molecule has 0 saturated carbocycles. The van der Waals surface area contributed by atoms with Crippen LogP contribution in [0.25, 0.3) is 5.69 Å². The van der Waals surface area contributed by atoms with E-state index in [1.807, 2.05) is 61.0 Å². The molecule has 1 amide bonds. The number of aromatic nitrogens is 2. The summed E-state index contributed by atoms with van der Waals surface area (Å²) in [4.78, 5) is 27.7. The summed E-state index contributed by atoms with van der Waals surface area (Å²) >= 11 is 1.72. The van der Waals surface area contributed by atoms with Crippen LogP contribution in [0.2, 0.25) is 0 Å². The predicted octanol–water partition coefficient (Wildman–Crippen LogP) is 3.78. The van der Waals surface area contributed by atoms with Crippen LogP contribution in [0.4, 0.5) is 5.69 Å². The SMILES string of the molecule is Cc1cc(C)n(-c2ccc(C(=O)OCC(=O)N3CCSc4ccccc43)cc2)n1. The zero-order chi connectivity index (χ0) is 20.4. The molecular formula is C22H21N3O3S. The zero-order valence-corrected chi connectivity index (χ0v) is 17.1. The minimum atomic E-state index is -0.516. The van der Waals surface area contributed by atoms with Crippen molar-refractivity contribution < 1.29 is 14.3 Å². The van der Waals surface area contributed by atoms with Crippen LogP contribution in [0.15, 0.2) is 59.5 Å². The number of hydrogen-bond donors (Lipinski definition) is 0. The van der Waals surface area contributed by atoms with E-state index in [4.69, 9.17) is 4.74 Å². The zero-order valence-electron chi connectivity index (χ0n) is 16.3. The molecule has 1 aliphatic rings. The second-order valence-corrected chi connectivity index (χ2v) is 7.96. The van der Waals surface area contributed by atoms with Gasteiger partial charge in [-0.15, -0.1) is 11.8 Å². The van der Waals surface area contributed by atoms with Gasteiger partial charge in [0.05, 0.1) is 22.6 Å². The summed E-state index contributed by atoms with van der Waals surface area (Å²) in [7, 11) is 0. The lowest BCUT2D eigenvalue weighted by Gasteiger charge is -2.28. The standard InChI is InChI=1S/C22H21N3O3S/c1-15-13-16(2)25(23-15)18-9-7-17(8-10-18)22(27)28-14-21(26)24-11-12-29-20-6-4-3-5-19(20)24/h3-10,13H,11-12,14H2,1-2H3. The molecule has 0 fully saturated rings. The van der Waals surface area contributed by atoms with Gasteiger partial charge in [0.15, 0.2) is 6.61 Å². The number of carbonyl (C=O) groups excluding carboxylic acids is 2. The van der Waals surface area contributed by atoms with Crippen molar-refractivity contribution in [2.24, 2.45) is 0 Å². The first kappa shape index (κ1) is 19.3. The predicted molar refractivity (Wildman–Crippen MR) is 113 cm³/mol. The average molecular weight is 407 g/mol. The fourth-order valence-corrected chi connectivity index (χ4v) is 4.34. The van der Waals surface area contributed by atoms with Crippen molar-refractivity contribution in [2.75, 3.05) is 23.8 Å². The molecule has 0 unspecified atom stereocenters. The van der Waals surface area contributed by atoms with E-state index in [0.717, 1.165) is 33.4 Å². The van der Waals surface area contributed by atoms with Crippen LogP contribution in [0.1, 0.15) is 21.7 Å². The summed E-state index contributed by atoms with van der Waals surface area (Å²) in [5.41, 5.74) is 4.09. The van der Waals surface area contributed by atoms with Gasteiger partial charge in [-0.2, -0.15) is 5.10 Å². The molecule has 29 heavy (non-hydrogen) atoms. The minimum Gasteiger partial charge on any atom is -0.452 e. The fraction of sp³-hybridized carbons (Fsp3) is 0.227. The number of thioether (sulfide) groups is 1. The van der Waals surface area contributed by atoms with Gasteiger partial charge < -0.3 is 9.64 Å². The van der Waals surface area contributed by atoms with Crippen molar-refractivity contribution in [1.82, 2.24) is 9.78 Å². The van der Waals surface area contributed by atoms with Gasteiger partial charge in [-0.3, -0.25) is 4.79 Å². The highest BCUT2D eigenvalue weighted by Crippen LogP contribution is 2.34. The van der Waals surface area contributed by atoms with Gasteiger partial charge >= 0.3 is 5.97 Å². The van der Waals surface area contributed by atoms with E-state index in [9.17, 15) is 9.59 Å². The molecule has 2 heterocycles. The van der Waals surface area contributed by atoms with Gasteiger partial charge in [0, 0.05) is 22.9 Å². The Morgan fingerprint density at radius 2 is 1.86 bits per heavy atom. The van der Waals surface area contributed by atoms with E-state index in [2.05, 4.69) is 5.10 Å². The normalized spacial score (nSPS) is 13.1. The van der Waals surface area contributed by atoms with Gasteiger partial charge in [-0.25, -0.2) is 9.48 Å². The van der Waals surface area contributed by atoms with E-state index in [0.29, 0.717) is 12.1 Å². The van der Waals surface area contributed by atoms with Gasteiger partial charge in [-0.05, 0) is 56.3 Å². The minimum absolute atomic E-state index is 0.217. The molecule has 0 spiro atoms. The van der Waals surface area contributed by atoms with Crippen molar-refractivity contribution in [2.45, 2.75) is 18.7 Å². The van der Waals surface area contributed by atoms with Crippen molar-refractivity contribution >= 4 is 29.3 Å². The van der Waals surface area contributed by atoms with Gasteiger partial charge in [-0.1, -0.05) is 12.1 Å². The van der Waals surface area contributed by atoms with Crippen molar-refractivity contribution in [3.8, 4) is 5.69 Å². The van der Waals surface area contributed by atoms with E-state index in [-0.39, 0.29) is 12.5 Å². The Labute approximate surface area is 173 Å². The highest BCUT2D eigenvalue weighted by molar-refractivity contribution is 7.99. The first-order valence-corrected chi connectivity index (χ1v) is 10.3. The first-order valence-electron chi connectivity index (χ1n) is 9.36. The molecule has 4 rings (SSSR count). The van der Waals surface area contributed by atoms with Crippen LogP contribution in [0, 0.1) is 13.8 Å². The van der Waals surface area contributed by atoms with E-state index < -0.39 is 5.97 Å². The van der Waals surface area contributed by atoms with Crippen LogP contribution in [0.3, 0.4) is 0 Å². The molecule has 2 aromatic carbocycles. The molecular weight excluding hydrogens is 386 g/mol. The quantitative estimate of drug-likeness (QED) is 0.616. The second-order valence-electron chi connectivity index (χ2n) is 6.82. The van der Waals surface area contributed by atoms with Crippen LogP contribution in [0.5, 0.6) is 0 Å². The molecule has 1 aliphatic heterocycles. The molecule has 0 atom stereocenters. The van der Waals surface area contributed by atoms with Crippen molar-refractivity contribution in [1.29, 1.82) is 0 Å². The van der Waals surface area contributed by atoms with Crippen LogP contribution >= 0.6 is 11.8 Å². The molecule has 7 heteroatoms. The second kappa shape index (κ2) is 8.13. The largest absolute Gasteiger partial charge is 0.452 e. The number of fused-ring (bicyclic) bond motifs is 1. The van der Waals surface area contributed by atoms with Gasteiger partial charge in [0.25, 0.3) is 5.91 Å². The molecule has 3 aromatic rings. The Morgan fingerprint density at radius 1 is 1.10 bits per heavy atom. The smallest absolute Gasteiger partial charge is 0.338 e. The molecule has 0 bridgehead atoms. The third-order valence-electron chi connectivity index (χ3n) is 4.71. The number of amides is 1. The third-order valence-corrected chi connectivity index (χ3v) is 5.76. The number of para-hydroxylation sites is 1.